The smallest absolute Gasteiger partial charge is 0.227 e. The lowest BCUT2D eigenvalue weighted by Gasteiger charge is -2.25. The van der Waals surface area contributed by atoms with E-state index in [1.54, 1.807) is 7.11 Å². The average Bonchev–Trinajstić information content (AvgIpc) is 2.81. The molecule has 5 nitrogen and oxygen atoms in total. The van der Waals surface area contributed by atoms with Gasteiger partial charge in [0.25, 0.3) is 0 Å². The highest BCUT2D eigenvalue weighted by molar-refractivity contribution is 5.79. The molecule has 0 saturated heterocycles. The molecule has 0 bridgehead atoms. The number of hydrogen-bond acceptors (Lipinski definition) is 3. The first-order chi connectivity index (χ1) is 11.3. The Balaban J connectivity index is 2.01. The topological polar surface area (TPSA) is 47.4 Å². The van der Waals surface area contributed by atoms with Gasteiger partial charge in [-0.1, -0.05) is 12.1 Å². The van der Waals surface area contributed by atoms with Crippen LogP contribution >= 0.6 is 0 Å². The predicted octanol–water partition coefficient (Wildman–Crippen LogP) is 2.68. The summed E-state index contributed by atoms with van der Waals surface area (Å²) >= 11 is 0. The van der Waals surface area contributed by atoms with Gasteiger partial charge in [-0.3, -0.25) is 9.48 Å². The van der Waals surface area contributed by atoms with Crippen LogP contribution in [0.3, 0.4) is 0 Å². The second-order valence-corrected chi connectivity index (χ2v) is 6.36. The van der Waals surface area contributed by atoms with Gasteiger partial charge in [0, 0.05) is 31.4 Å². The Morgan fingerprint density at radius 2 is 1.92 bits per heavy atom. The summed E-state index contributed by atoms with van der Waals surface area (Å²) in [5.41, 5.74) is 4.21. The molecule has 1 aromatic heterocycles. The Morgan fingerprint density at radius 1 is 1.29 bits per heavy atom. The largest absolute Gasteiger partial charge is 0.497 e. The van der Waals surface area contributed by atoms with E-state index in [0.29, 0.717) is 6.42 Å². The molecule has 0 fully saturated rings. The lowest BCUT2D eigenvalue weighted by atomic mass is 10.0. The molecule has 0 aliphatic heterocycles. The van der Waals surface area contributed by atoms with Gasteiger partial charge in [-0.2, -0.15) is 5.10 Å². The van der Waals surface area contributed by atoms with Crippen molar-refractivity contribution in [3.05, 3.63) is 46.8 Å². The Kier molecular flexibility index (Phi) is 5.65. The van der Waals surface area contributed by atoms with Gasteiger partial charge in [0.2, 0.25) is 5.91 Å². The highest BCUT2D eigenvalue weighted by Gasteiger charge is 2.20. The van der Waals surface area contributed by atoms with Crippen LogP contribution in [0.15, 0.2) is 24.3 Å². The van der Waals surface area contributed by atoms with Gasteiger partial charge < -0.3 is 9.64 Å². The fourth-order valence-corrected chi connectivity index (χ4v) is 2.83. The van der Waals surface area contributed by atoms with Crippen LogP contribution in [-0.4, -0.2) is 40.8 Å². The number of carbonyl (C=O) groups is 1. The van der Waals surface area contributed by atoms with E-state index in [4.69, 9.17) is 4.74 Å². The second kappa shape index (κ2) is 7.51. The predicted molar refractivity (Wildman–Crippen MR) is 95.3 cm³/mol. The maximum Gasteiger partial charge on any atom is 0.227 e. The van der Waals surface area contributed by atoms with Crippen LogP contribution in [-0.2, 0) is 24.7 Å². The Hall–Kier alpha value is -2.30. The number of carbonyl (C=O) groups excluding carboxylic acids is 1. The molecule has 1 atom stereocenters. The van der Waals surface area contributed by atoms with Crippen molar-refractivity contribution in [2.75, 3.05) is 14.2 Å². The van der Waals surface area contributed by atoms with Gasteiger partial charge in [0.05, 0.1) is 19.2 Å². The average molecular weight is 329 g/mol. The molecule has 0 saturated carbocycles. The van der Waals surface area contributed by atoms with Crippen molar-refractivity contribution in [1.82, 2.24) is 14.7 Å². The summed E-state index contributed by atoms with van der Waals surface area (Å²) in [6.07, 6.45) is 1.21. The minimum absolute atomic E-state index is 0.121. The number of nitrogens with zero attached hydrogens (tertiary/aromatic N) is 3. The quantitative estimate of drug-likeness (QED) is 0.818. The molecule has 1 aromatic carbocycles. The lowest BCUT2D eigenvalue weighted by molar-refractivity contribution is -0.130. The molecule has 5 heteroatoms. The monoisotopic (exact) mass is 329 g/mol. The van der Waals surface area contributed by atoms with Crippen LogP contribution < -0.4 is 4.74 Å². The summed E-state index contributed by atoms with van der Waals surface area (Å²) in [5, 5.41) is 4.39. The van der Waals surface area contributed by atoms with E-state index in [-0.39, 0.29) is 11.9 Å². The SMILES string of the molecule is COc1ccc(C[C@@H](C)N(C)C(=O)Cc2c(C)nn(C)c2C)cc1. The van der Waals surface area contributed by atoms with E-state index in [0.717, 1.165) is 29.1 Å². The minimum atomic E-state index is 0.121. The molecule has 0 spiro atoms. The van der Waals surface area contributed by atoms with Crippen LogP contribution in [0, 0.1) is 13.8 Å². The zero-order valence-corrected chi connectivity index (χ0v) is 15.5. The van der Waals surface area contributed by atoms with Crippen molar-refractivity contribution in [2.24, 2.45) is 7.05 Å². The first kappa shape index (κ1) is 18.0. The molecule has 0 radical (unpaired) electrons. The normalized spacial score (nSPS) is 12.1. The summed E-state index contributed by atoms with van der Waals surface area (Å²) in [4.78, 5) is 14.5. The molecule has 2 aromatic rings. The van der Waals surface area contributed by atoms with Crippen LogP contribution in [0.5, 0.6) is 5.75 Å². The summed E-state index contributed by atoms with van der Waals surface area (Å²) in [6.45, 7) is 6.03. The van der Waals surface area contributed by atoms with Crippen molar-refractivity contribution in [3.63, 3.8) is 0 Å². The number of rotatable bonds is 6. The minimum Gasteiger partial charge on any atom is -0.497 e. The van der Waals surface area contributed by atoms with E-state index in [1.165, 1.54) is 5.56 Å². The molecule has 1 amide bonds. The summed E-state index contributed by atoms with van der Waals surface area (Å²) in [5.74, 6) is 0.966. The van der Waals surface area contributed by atoms with E-state index in [1.807, 2.05) is 61.8 Å². The molecule has 0 aliphatic rings. The van der Waals surface area contributed by atoms with Crippen LogP contribution in [0.2, 0.25) is 0 Å². The Bertz CT molecular complexity index is 704. The van der Waals surface area contributed by atoms with Crippen molar-refractivity contribution < 1.29 is 9.53 Å². The van der Waals surface area contributed by atoms with E-state index >= 15 is 0 Å². The maximum atomic E-state index is 12.6. The van der Waals surface area contributed by atoms with Gasteiger partial charge in [-0.05, 0) is 44.9 Å². The number of aromatic nitrogens is 2. The zero-order chi connectivity index (χ0) is 17.9. The Labute approximate surface area is 144 Å². The molecule has 2 rings (SSSR count). The molecular formula is C19H27N3O2. The van der Waals surface area contributed by atoms with E-state index in [9.17, 15) is 4.79 Å². The maximum absolute atomic E-state index is 12.6. The molecular weight excluding hydrogens is 302 g/mol. The summed E-state index contributed by atoms with van der Waals surface area (Å²) in [6, 6.07) is 8.12. The number of likely N-dealkylation sites (N-methyl/N-ethyl adjacent to an activating group) is 1. The highest BCUT2D eigenvalue weighted by atomic mass is 16.5. The third-order valence-electron chi connectivity index (χ3n) is 4.73. The fraction of sp³-hybridized carbons (Fsp3) is 0.474. The van der Waals surface area contributed by atoms with Crippen molar-refractivity contribution >= 4 is 5.91 Å². The summed E-state index contributed by atoms with van der Waals surface area (Å²) in [7, 11) is 5.44. The van der Waals surface area contributed by atoms with Crippen molar-refractivity contribution in [3.8, 4) is 5.75 Å². The number of amides is 1. The number of benzene rings is 1. The number of ether oxygens (including phenoxy) is 1. The fourth-order valence-electron chi connectivity index (χ4n) is 2.83. The van der Waals surface area contributed by atoms with Gasteiger partial charge in [0.1, 0.15) is 5.75 Å². The van der Waals surface area contributed by atoms with E-state index < -0.39 is 0 Å². The van der Waals surface area contributed by atoms with Crippen LogP contribution in [0.4, 0.5) is 0 Å². The van der Waals surface area contributed by atoms with Gasteiger partial charge in [-0.15, -0.1) is 0 Å². The number of hydrogen-bond donors (Lipinski definition) is 0. The zero-order valence-electron chi connectivity index (χ0n) is 15.5. The molecule has 130 valence electrons. The first-order valence-electron chi connectivity index (χ1n) is 8.21. The summed E-state index contributed by atoms with van der Waals surface area (Å²) < 4.78 is 7.01. The molecule has 0 aliphatic carbocycles. The molecule has 0 unspecified atom stereocenters. The van der Waals surface area contributed by atoms with Crippen LogP contribution in [0.1, 0.15) is 29.4 Å². The second-order valence-electron chi connectivity index (χ2n) is 6.36. The Morgan fingerprint density at radius 3 is 2.42 bits per heavy atom. The van der Waals surface area contributed by atoms with Crippen LogP contribution in [0.25, 0.3) is 0 Å². The third kappa shape index (κ3) is 3.96. The van der Waals surface area contributed by atoms with Crippen molar-refractivity contribution in [1.29, 1.82) is 0 Å². The van der Waals surface area contributed by atoms with Gasteiger partial charge in [0.15, 0.2) is 0 Å². The third-order valence-corrected chi connectivity index (χ3v) is 4.73. The first-order valence-corrected chi connectivity index (χ1v) is 8.21. The van der Waals surface area contributed by atoms with Gasteiger partial charge in [-0.25, -0.2) is 0 Å². The number of aryl methyl sites for hydroxylation is 2. The standard InChI is InChI=1S/C19H27N3O2/c1-13(11-16-7-9-17(24-6)10-8-16)21(4)19(23)12-18-14(2)20-22(5)15(18)3/h7-10,13H,11-12H2,1-6H3/t13-/m1/s1. The van der Waals surface area contributed by atoms with Crippen molar-refractivity contribution in [2.45, 2.75) is 39.7 Å². The number of methoxy groups -OCH3 is 1. The molecule has 1 heterocycles. The molecule has 0 N–H and O–H groups in total. The lowest BCUT2D eigenvalue weighted by Crippen LogP contribution is -2.37. The highest BCUT2D eigenvalue weighted by Crippen LogP contribution is 2.17. The van der Waals surface area contributed by atoms with E-state index in [2.05, 4.69) is 12.0 Å². The molecule has 24 heavy (non-hydrogen) atoms. The van der Waals surface area contributed by atoms with Gasteiger partial charge >= 0.3 is 0 Å².